The lowest BCUT2D eigenvalue weighted by atomic mass is 10.1. The number of hydrogen-bond donors (Lipinski definition) is 1. The van der Waals surface area contributed by atoms with E-state index in [1.54, 1.807) is 36.4 Å². The van der Waals surface area contributed by atoms with Crippen LogP contribution in [0.5, 0.6) is 0 Å². The summed E-state index contributed by atoms with van der Waals surface area (Å²) in [7, 11) is 0. The van der Waals surface area contributed by atoms with Crippen LogP contribution in [-0.2, 0) is 6.54 Å². The van der Waals surface area contributed by atoms with Crippen molar-refractivity contribution in [1.29, 1.82) is 0 Å². The Morgan fingerprint density at radius 3 is 2.59 bits per heavy atom. The van der Waals surface area contributed by atoms with E-state index in [4.69, 9.17) is 0 Å². The van der Waals surface area contributed by atoms with Gasteiger partial charge in [-0.05, 0) is 30.2 Å². The van der Waals surface area contributed by atoms with Crippen LogP contribution in [0, 0.1) is 5.82 Å². The van der Waals surface area contributed by atoms with Crippen molar-refractivity contribution in [3.8, 4) is 0 Å². The van der Waals surface area contributed by atoms with Crippen LogP contribution in [0.1, 0.15) is 35.8 Å². The Balaban J connectivity index is 1.90. The fraction of sp³-hybridized carbons (Fsp3) is 0.200. The molecule has 3 aromatic rings. The second-order valence-electron chi connectivity index (χ2n) is 6.03. The molecule has 0 aliphatic rings. The lowest BCUT2D eigenvalue weighted by Gasteiger charge is -2.09. The summed E-state index contributed by atoms with van der Waals surface area (Å²) >= 11 is 0. The molecule has 3 rings (SSSR count). The number of aryl methyl sites for hydroxylation is 1. The van der Waals surface area contributed by atoms with Crippen molar-refractivity contribution >= 4 is 22.9 Å². The molecule has 27 heavy (non-hydrogen) atoms. The highest BCUT2D eigenvalue weighted by Gasteiger charge is 2.16. The molecule has 0 unspecified atom stereocenters. The average Bonchev–Trinajstić information content (AvgIpc) is 2.69. The third-order valence-electron chi connectivity index (χ3n) is 4.06. The highest BCUT2D eigenvalue weighted by Crippen LogP contribution is 2.13. The van der Waals surface area contributed by atoms with Gasteiger partial charge in [0.25, 0.3) is 11.5 Å². The lowest BCUT2D eigenvalue weighted by Crippen LogP contribution is -2.29. The summed E-state index contributed by atoms with van der Waals surface area (Å²) in [4.78, 5) is 25.1. The van der Waals surface area contributed by atoms with Gasteiger partial charge >= 0.3 is 0 Å². The smallest absolute Gasteiger partial charge is 0.267 e. The van der Waals surface area contributed by atoms with Gasteiger partial charge in [0, 0.05) is 11.9 Å². The van der Waals surface area contributed by atoms with Gasteiger partial charge in [0.2, 0.25) is 0 Å². The molecule has 1 N–H and O–H groups in total. The summed E-state index contributed by atoms with van der Waals surface area (Å²) in [5.41, 5.74) is 2.98. The van der Waals surface area contributed by atoms with Gasteiger partial charge < -0.3 is 0 Å². The molecule has 6 nitrogen and oxygen atoms in total. The van der Waals surface area contributed by atoms with Crippen molar-refractivity contribution < 1.29 is 9.18 Å². The van der Waals surface area contributed by atoms with Gasteiger partial charge in [0.05, 0.1) is 11.6 Å². The zero-order chi connectivity index (χ0) is 19.2. The second-order valence-corrected chi connectivity index (χ2v) is 6.03. The molecule has 0 spiro atoms. The van der Waals surface area contributed by atoms with Crippen molar-refractivity contribution in [2.45, 2.75) is 26.3 Å². The minimum atomic E-state index is -0.519. The largest absolute Gasteiger partial charge is 0.292 e. The van der Waals surface area contributed by atoms with Crippen LogP contribution in [0.4, 0.5) is 4.39 Å². The number of halogens is 1. The number of nitrogens with zero attached hydrogens (tertiary/aromatic N) is 3. The number of nitrogens with one attached hydrogen (secondary N) is 1. The van der Waals surface area contributed by atoms with Gasteiger partial charge in [-0.2, -0.15) is 10.2 Å². The van der Waals surface area contributed by atoms with Crippen LogP contribution in [0.25, 0.3) is 10.8 Å². The number of hydrazone groups is 1. The predicted molar refractivity (Wildman–Crippen MR) is 102 cm³/mol. The summed E-state index contributed by atoms with van der Waals surface area (Å²) in [5, 5.41) is 9.06. The molecule has 0 radical (unpaired) electrons. The summed E-state index contributed by atoms with van der Waals surface area (Å²) in [5.74, 6) is -0.865. The van der Waals surface area contributed by atoms with Gasteiger partial charge in [-0.3, -0.25) is 9.59 Å². The van der Waals surface area contributed by atoms with E-state index in [9.17, 15) is 14.0 Å². The zero-order valence-electron chi connectivity index (χ0n) is 14.9. The topological polar surface area (TPSA) is 76.3 Å². The number of carbonyl (C=O) groups is 1. The Hall–Kier alpha value is -3.35. The van der Waals surface area contributed by atoms with E-state index < -0.39 is 5.91 Å². The highest BCUT2D eigenvalue weighted by molar-refractivity contribution is 6.04. The van der Waals surface area contributed by atoms with Gasteiger partial charge in [-0.25, -0.2) is 14.5 Å². The van der Waals surface area contributed by atoms with Gasteiger partial charge in [0.1, 0.15) is 5.82 Å². The fourth-order valence-corrected chi connectivity index (χ4v) is 2.63. The van der Waals surface area contributed by atoms with Crippen LogP contribution in [0.15, 0.2) is 58.4 Å². The normalized spacial score (nSPS) is 11.2. The summed E-state index contributed by atoms with van der Waals surface area (Å²) in [6.45, 7) is 2.46. The highest BCUT2D eigenvalue weighted by atomic mass is 19.1. The molecule has 1 amide bonds. The van der Waals surface area contributed by atoms with Gasteiger partial charge in [0.15, 0.2) is 5.69 Å². The van der Waals surface area contributed by atoms with E-state index in [2.05, 4.69) is 15.6 Å². The van der Waals surface area contributed by atoms with Crippen molar-refractivity contribution in [1.82, 2.24) is 15.2 Å². The SMILES string of the molecule is CCCCn1nc(C(=O)N/N=C\c2ccc(F)cc2)c2ccccc2c1=O. The van der Waals surface area contributed by atoms with E-state index >= 15 is 0 Å². The summed E-state index contributed by atoms with van der Waals surface area (Å²) < 4.78 is 14.2. The molecule has 1 aromatic heterocycles. The van der Waals surface area contributed by atoms with Gasteiger partial charge in [-0.1, -0.05) is 43.7 Å². The van der Waals surface area contributed by atoms with E-state index in [0.29, 0.717) is 22.9 Å². The predicted octanol–water partition coefficient (Wildman–Crippen LogP) is 3.10. The maximum absolute atomic E-state index is 12.9. The maximum atomic E-state index is 12.9. The minimum Gasteiger partial charge on any atom is -0.267 e. The van der Waals surface area contributed by atoms with E-state index in [-0.39, 0.29) is 17.1 Å². The van der Waals surface area contributed by atoms with Crippen LogP contribution >= 0.6 is 0 Å². The molecule has 0 bridgehead atoms. The Morgan fingerprint density at radius 1 is 1.19 bits per heavy atom. The molecule has 138 valence electrons. The number of benzene rings is 2. The van der Waals surface area contributed by atoms with Gasteiger partial charge in [-0.15, -0.1) is 0 Å². The molecule has 1 heterocycles. The molecule has 0 atom stereocenters. The van der Waals surface area contributed by atoms with Crippen molar-refractivity contribution in [3.63, 3.8) is 0 Å². The molecule has 2 aromatic carbocycles. The number of unbranched alkanes of at least 4 members (excludes halogenated alkanes) is 1. The first-order valence-corrected chi connectivity index (χ1v) is 8.69. The third kappa shape index (κ3) is 4.25. The van der Waals surface area contributed by atoms with E-state index in [1.807, 2.05) is 6.92 Å². The van der Waals surface area contributed by atoms with Crippen molar-refractivity contribution in [3.05, 3.63) is 76.0 Å². The Kier molecular flexibility index (Phi) is 5.71. The lowest BCUT2D eigenvalue weighted by molar-refractivity contribution is 0.0949. The third-order valence-corrected chi connectivity index (χ3v) is 4.06. The van der Waals surface area contributed by atoms with Crippen LogP contribution < -0.4 is 11.0 Å². The Bertz CT molecular complexity index is 1040. The van der Waals surface area contributed by atoms with Crippen LogP contribution in [0.3, 0.4) is 0 Å². The number of hydrogen-bond acceptors (Lipinski definition) is 4. The summed E-state index contributed by atoms with van der Waals surface area (Å²) in [6, 6.07) is 12.6. The Morgan fingerprint density at radius 2 is 1.89 bits per heavy atom. The zero-order valence-corrected chi connectivity index (χ0v) is 14.9. The van der Waals surface area contributed by atoms with E-state index in [0.717, 1.165) is 12.8 Å². The quantitative estimate of drug-likeness (QED) is 0.538. The van der Waals surface area contributed by atoms with E-state index in [1.165, 1.54) is 23.0 Å². The van der Waals surface area contributed by atoms with Crippen LogP contribution in [-0.4, -0.2) is 21.9 Å². The number of rotatable bonds is 6. The van der Waals surface area contributed by atoms with Crippen LogP contribution in [0.2, 0.25) is 0 Å². The molecular weight excluding hydrogens is 347 g/mol. The maximum Gasteiger partial charge on any atom is 0.292 e. The average molecular weight is 366 g/mol. The molecule has 0 aliphatic heterocycles. The standard InChI is InChI=1S/C20H19FN4O2/c1-2-3-12-25-20(27)17-7-5-4-6-16(17)18(24-25)19(26)23-22-13-14-8-10-15(21)11-9-14/h4-11,13H,2-3,12H2,1H3,(H,23,26)/b22-13-. The molecular formula is C20H19FN4O2. The first-order valence-electron chi connectivity index (χ1n) is 8.69. The second kappa shape index (κ2) is 8.35. The first kappa shape index (κ1) is 18.4. The number of carbonyl (C=O) groups excluding carboxylic acids is 1. The number of aromatic nitrogens is 2. The fourth-order valence-electron chi connectivity index (χ4n) is 2.63. The molecule has 7 heteroatoms. The summed E-state index contributed by atoms with van der Waals surface area (Å²) in [6.07, 6.45) is 3.10. The first-order chi connectivity index (χ1) is 13.1. The number of fused-ring (bicyclic) bond motifs is 1. The molecule has 0 aliphatic carbocycles. The Labute approximate surface area is 155 Å². The monoisotopic (exact) mass is 366 g/mol. The molecule has 0 saturated heterocycles. The minimum absolute atomic E-state index is 0.137. The van der Waals surface area contributed by atoms with Crippen molar-refractivity contribution in [2.24, 2.45) is 5.10 Å². The van der Waals surface area contributed by atoms with Crippen molar-refractivity contribution in [2.75, 3.05) is 0 Å². The molecule has 0 saturated carbocycles. The molecule has 0 fully saturated rings. The number of amides is 1.